The van der Waals surface area contributed by atoms with Gasteiger partial charge in [-0.2, -0.15) is 4.39 Å². The summed E-state index contributed by atoms with van der Waals surface area (Å²) >= 11 is 0. The standard InChI is InChI=1S/C14H13FN2O2/c15-13-8-11(6-7-16-13)14(19)17-12(9-18)10-4-2-1-3-5-10/h1-8,12,18H,9H2,(H,17,19). The Morgan fingerprint density at radius 1 is 1.32 bits per heavy atom. The molecule has 1 atom stereocenters. The van der Waals surface area contributed by atoms with Crippen LogP contribution in [-0.4, -0.2) is 22.6 Å². The number of carbonyl (C=O) groups is 1. The maximum absolute atomic E-state index is 12.9. The summed E-state index contributed by atoms with van der Waals surface area (Å²) in [5.41, 5.74) is 0.953. The number of aromatic nitrogens is 1. The summed E-state index contributed by atoms with van der Waals surface area (Å²) in [6, 6.07) is 11.0. The van der Waals surface area contributed by atoms with Gasteiger partial charge in [-0.05, 0) is 11.6 Å². The summed E-state index contributed by atoms with van der Waals surface area (Å²) in [6.07, 6.45) is 1.22. The minimum Gasteiger partial charge on any atom is -0.394 e. The van der Waals surface area contributed by atoms with E-state index in [4.69, 9.17) is 0 Å². The Morgan fingerprint density at radius 3 is 2.68 bits per heavy atom. The number of nitrogens with one attached hydrogen (secondary N) is 1. The van der Waals surface area contributed by atoms with E-state index in [1.54, 1.807) is 12.1 Å². The van der Waals surface area contributed by atoms with E-state index < -0.39 is 17.9 Å². The van der Waals surface area contributed by atoms with Gasteiger partial charge >= 0.3 is 0 Å². The largest absolute Gasteiger partial charge is 0.394 e. The molecule has 0 saturated carbocycles. The molecule has 1 heterocycles. The van der Waals surface area contributed by atoms with Crippen LogP contribution in [0, 0.1) is 5.95 Å². The van der Waals surface area contributed by atoms with Crippen LogP contribution in [0.4, 0.5) is 4.39 Å². The summed E-state index contributed by atoms with van der Waals surface area (Å²) in [5, 5.41) is 12.0. The van der Waals surface area contributed by atoms with E-state index in [0.29, 0.717) is 0 Å². The molecule has 5 heteroatoms. The quantitative estimate of drug-likeness (QED) is 0.822. The Bertz CT molecular complexity index is 560. The van der Waals surface area contributed by atoms with Gasteiger partial charge in [-0.3, -0.25) is 4.79 Å². The fourth-order valence-corrected chi connectivity index (χ4v) is 1.71. The molecule has 0 fully saturated rings. The number of halogens is 1. The lowest BCUT2D eigenvalue weighted by Gasteiger charge is -2.16. The SMILES string of the molecule is O=C(NC(CO)c1ccccc1)c1ccnc(F)c1. The van der Waals surface area contributed by atoms with Crippen LogP contribution in [0.2, 0.25) is 0 Å². The number of nitrogens with zero attached hydrogens (tertiary/aromatic N) is 1. The van der Waals surface area contributed by atoms with Gasteiger partial charge in [0, 0.05) is 17.8 Å². The van der Waals surface area contributed by atoms with Crippen molar-refractivity contribution in [1.29, 1.82) is 0 Å². The second kappa shape index (κ2) is 6.06. The molecule has 1 unspecified atom stereocenters. The summed E-state index contributed by atoms with van der Waals surface area (Å²) in [6.45, 7) is -0.233. The van der Waals surface area contributed by atoms with E-state index >= 15 is 0 Å². The molecule has 0 aliphatic rings. The van der Waals surface area contributed by atoms with E-state index in [2.05, 4.69) is 10.3 Å². The van der Waals surface area contributed by atoms with E-state index in [9.17, 15) is 14.3 Å². The molecule has 0 saturated heterocycles. The number of hydrogen-bond donors (Lipinski definition) is 2. The number of benzene rings is 1. The third-order valence-corrected chi connectivity index (χ3v) is 2.68. The number of pyridine rings is 1. The zero-order valence-corrected chi connectivity index (χ0v) is 10.1. The van der Waals surface area contributed by atoms with Crippen molar-refractivity contribution in [3.05, 3.63) is 65.7 Å². The molecule has 0 aliphatic heterocycles. The highest BCUT2D eigenvalue weighted by atomic mass is 19.1. The maximum Gasteiger partial charge on any atom is 0.252 e. The summed E-state index contributed by atoms with van der Waals surface area (Å²) in [7, 11) is 0. The van der Waals surface area contributed by atoms with Crippen LogP contribution >= 0.6 is 0 Å². The van der Waals surface area contributed by atoms with Crippen molar-refractivity contribution in [2.24, 2.45) is 0 Å². The molecule has 2 aromatic rings. The molecule has 0 spiro atoms. The Balaban J connectivity index is 2.13. The van der Waals surface area contributed by atoms with Crippen LogP contribution in [0.15, 0.2) is 48.7 Å². The Labute approximate surface area is 109 Å². The first-order valence-corrected chi connectivity index (χ1v) is 5.79. The molecule has 98 valence electrons. The van der Waals surface area contributed by atoms with Crippen molar-refractivity contribution in [1.82, 2.24) is 10.3 Å². The van der Waals surface area contributed by atoms with E-state index in [0.717, 1.165) is 11.6 Å². The van der Waals surface area contributed by atoms with E-state index in [-0.39, 0.29) is 12.2 Å². The first-order valence-electron chi connectivity index (χ1n) is 5.79. The van der Waals surface area contributed by atoms with Crippen LogP contribution < -0.4 is 5.32 Å². The van der Waals surface area contributed by atoms with Crippen molar-refractivity contribution >= 4 is 5.91 Å². The zero-order chi connectivity index (χ0) is 13.7. The van der Waals surface area contributed by atoms with Crippen LogP contribution in [-0.2, 0) is 0 Å². The predicted molar refractivity (Wildman–Crippen MR) is 67.9 cm³/mol. The van der Waals surface area contributed by atoms with Gasteiger partial charge in [-0.1, -0.05) is 30.3 Å². The number of aliphatic hydroxyl groups is 1. The van der Waals surface area contributed by atoms with Crippen molar-refractivity contribution < 1.29 is 14.3 Å². The minimum absolute atomic E-state index is 0.168. The van der Waals surface area contributed by atoms with Crippen LogP contribution in [0.3, 0.4) is 0 Å². The maximum atomic E-state index is 12.9. The predicted octanol–water partition coefficient (Wildman–Crippen LogP) is 1.68. The smallest absolute Gasteiger partial charge is 0.252 e. The average molecular weight is 260 g/mol. The van der Waals surface area contributed by atoms with Crippen molar-refractivity contribution in [2.45, 2.75) is 6.04 Å². The van der Waals surface area contributed by atoms with Gasteiger partial charge in [-0.25, -0.2) is 4.98 Å². The highest BCUT2D eigenvalue weighted by Crippen LogP contribution is 2.12. The summed E-state index contributed by atoms with van der Waals surface area (Å²) in [4.78, 5) is 15.3. The fraction of sp³-hybridized carbons (Fsp3) is 0.143. The van der Waals surface area contributed by atoms with Crippen LogP contribution in [0.25, 0.3) is 0 Å². The van der Waals surface area contributed by atoms with Crippen LogP contribution in [0.5, 0.6) is 0 Å². The monoisotopic (exact) mass is 260 g/mol. The minimum atomic E-state index is -0.715. The number of hydrogen-bond acceptors (Lipinski definition) is 3. The highest BCUT2D eigenvalue weighted by molar-refractivity contribution is 5.94. The lowest BCUT2D eigenvalue weighted by molar-refractivity contribution is 0.0915. The normalized spacial score (nSPS) is 11.9. The lowest BCUT2D eigenvalue weighted by Crippen LogP contribution is -2.30. The Hall–Kier alpha value is -2.27. The molecule has 1 aromatic heterocycles. The summed E-state index contributed by atoms with van der Waals surface area (Å²) in [5.74, 6) is -1.17. The molecule has 2 rings (SSSR count). The molecule has 0 radical (unpaired) electrons. The zero-order valence-electron chi connectivity index (χ0n) is 10.1. The number of aliphatic hydroxyl groups excluding tert-OH is 1. The van der Waals surface area contributed by atoms with Gasteiger partial charge in [0.1, 0.15) is 0 Å². The van der Waals surface area contributed by atoms with Gasteiger partial charge < -0.3 is 10.4 Å². The average Bonchev–Trinajstić information content (AvgIpc) is 2.45. The first-order chi connectivity index (χ1) is 9.20. The van der Waals surface area contributed by atoms with Crippen molar-refractivity contribution in [3.8, 4) is 0 Å². The number of carbonyl (C=O) groups excluding carboxylic acids is 1. The van der Waals surface area contributed by atoms with Crippen molar-refractivity contribution in [2.75, 3.05) is 6.61 Å². The molecule has 1 amide bonds. The molecular weight excluding hydrogens is 247 g/mol. The second-order valence-electron chi connectivity index (χ2n) is 3.99. The molecule has 4 nitrogen and oxygen atoms in total. The fourth-order valence-electron chi connectivity index (χ4n) is 1.71. The summed E-state index contributed by atoms with van der Waals surface area (Å²) < 4.78 is 12.9. The highest BCUT2D eigenvalue weighted by Gasteiger charge is 2.15. The van der Waals surface area contributed by atoms with Gasteiger partial charge in [0.2, 0.25) is 5.95 Å². The topological polar surface area (TPSA) is 62.2 Å². The third-order valence-electron chi connectivity index (χ3n) is 2.68. The second-order valence-corrected chi connectivity index (χ2v) is 3.99. The number of rotatable bonds is 4. The van der Waals surface area contributed by atoms with Gasteiger partial charge in [0.15, 0.2) is 0 Å². The molecule has 2 N–H and O–H groups in total. The molecular formula is C14H13FN2O2. The third kappa shape index (κ3) is 3.35. The Morgan fingerprint density at radius 2 is 2.05 bits per heavy atom. The number of amides is 1. The molecule has 0 aliphatic carbocycles. The van der Waals surface area contributed by atoms with Crippen LogP contribution in [0.1, 0.15) is 22.0 Å². The first kappa shape index (κ1) is 13.2. The lowest BCUT2D eigenvalue weighted by atomic mass is 10.1. The molecule has 19 heavy (non-hydrogen) atoms. The van der Waals surface area contributed by atoms with Gasteiger partial charge in [0.05, 0.1) is 12.6 Å². The Kier molecular flexibility index (Phi) is 4.20. The van der Waals surface area contributed by atoms with Gasteiger partial charge in [-0.15, -0.1) is 0 Å². The van der Waals surface area contributed by atoms with Gasteiger partial charge in [0.25, 0.3) is 5.91 Å². The van der Waals surface area contributed by atoms with Crippen molar-refractivity contribution in [3.63, 3.8) is 0 Å². The molecule has 0 bridgehead atoms. The van der Waals surface area contributed by atoms with E-state index in [1.807, 2.05) is 18.2 Å². The van der Waals surface area contributed by atoms with E-state index in [1.165, 1.54) is 12.3 Å². The molecule has 1 aromatic carbocycles.